The van der Waals surface area contributed by atoms with E-state index in [0.29, 0.717) is 5.02 Å². The summed E-state index contributed by atoms with van der Waals surface area (Å²) in [5, 5.41) is 5.02. The van der Waals surface area contributed by atoms with Crippen LogP contribution in [0.5, 0.6) is 0 Å². The molecular weight excluding hydrogens is 428 g/mol. The van der Waals surface area contributed by atoms with Crippen molar-refractivity contribution in [2.45, 2.75) is 18.9 Å². The van der Waals surface area contributed by atoms with Crippen LogP contribution in [0.25, 0.3) is 21.5 Å². The molecular formula is C30H23ClO2. The second-order valence-corrected chi connectivity index (χ2v) is 8.66. The number of carbonyl (C=O) groups is 1. The Labute approximate surface area is 198 Å². The molecule has 0 aromatic heterocycles. The van der Waals surface area contributed by atoms with Gasteiger partial charge in [0.15, 0.2) is 6.10 Å². The third-order valence-electron chi connectivity index (χ3n) is 6.17. The van der Waals surface area contributed by atoms with Crippen molar-refractivity contribution in [1.82, 2.24) is 0 Å². The molecule has 0 aliphatic rings. The molecule has 5 rings (SSSR count). The maximum absolute atomic E-state index is 13.4. The lowest BCUT2D eigenvalue weighted by Crippen LogP contribution is -2.18. The third-order valence-corrected chi connectivity index (χ3v) is 6.42. The van der Waals surface area contributed by atoms with E-state index in [2.05, 4.69) is 48.5 Å². The smallest absolute Gasteiger partial charge is 0.314 e. The van der Waals surface area contributed by atoms with Crippen LogP contribution in [0.2, 0.25) is 5.02 Å². The molecule has 0 fully saturated rings. The number of benzene rings is 5. The third kappa shape index (κ3) is 4.22. The van der Waals surface area contributed by atoms with Crippen LogP contribution in [0, 0.1) is 0 Å². The van der Waals surface area contributed by atoms with Gasteiger partial charge in [0.05, 0.1) is 5.92 Å². The van der Waals surface area contributed by atoms with Crippen LogP contribution in [0.1, 0.15) is 35.6 Å². The van der Waals surface area contributed by atoms with E-state index in [0.717, 1.165) is 38.2 Å². The van der Waals surface area contributed by atoms with Gasteiger partial charge in [0.1, 0.15) is 0 Å². The zero-order valence-corrected chi connectivity index (χ0v) is 19.0. The summed E-state index contributed by atoms with van der Waals surface area (Å²) in [7, 11) is 0. The molecule has 2 nitrogen and oxygen atoms in total. The van der Waals surface area contributed by atoms with Crippen LogP contribution < -0.4 is 0 Å². The Morgan fingerprint density at radius 3 is 1.70 bits per heavy atom. The molecule has 0 amide bonds. The van der Waals surface area contributed by atoms with E-state index >= 15 is 0 Å². The van der Waals surface area contributed by atoms with Gasteiger partial charge >= 0.3 is 5.97 Å². The topological polar surface area (TPSA) is 26.3 Å². The van der Waals surface area contributed by atoms with Gasteiger partial charge in [-0.1, -0.05) is 109 Å². The molecule has 1 atom stereocenters. The fraction of sp³-hybridized carbons (Fsp3) is 0.100. The Balaban J connectivity index is 1.63. The lowest BCUT2D eigenvalue weighted by atomic mass is 9.92. The lowest BCUT2D eigenvalue weighted by Gasteiger charge is -2.24. The van der Waals surface area contributed by atoms with Crippen molar-refractivity contribution in [3.05, 3.63) is 131 Å². The van der Waals surface area contributed by atoms with Gasteiger partial charge < -0.3 is 4.74 Å². The number of hydrogen-bond donors (Lipinski definition) is 0. The molecule has 5 aromatic rings. The summed E-state index contributed by atoms with van der Waals surface area (Å²) in [6.45, 7) is 1.87. The minimum Gasteiger partial charge on any atom is -0.452 e. The molecule has 0 heterocycles. The van der Waals surface area contributed by atoms with E-state index in [9.17, 15) is 4.79 Å². The van der Waals surface area contributed by atoms with Crippen molar-refractivity contribution >= 4 is 39.1 Å². The van der Waals surface area contributed by atoms with E-state index in [4.69, 9.17) is 16.3 Å². The number of esters is 1. The number of hydrogen-bond acceptors (Lipinski definition) is 2. The molecule has 0 radical (unpaired) electrons. The Bertz CT molecular complexity index is 1350. The first-order valence-electron chi connectivity index (χ1n) is 11.0. The molecule has 5 aromatic carbocycles. The highest BCUT2D eigenvalue weighted by atomic mass is 35.5. The molecule has 1 unspecified atom stereocenters. The van der Waals surface area contributed by atoms with E-state index in [1.807, 2.05) is 55.5 Å². The summed E-state index contributed by atoms with van der Waals surface area (Å²) in [4.78, 5) is 13.4. The van der Waals surface area contributed by atoms with Gasteiger partial charge in [-0.25, -0.2) is 0 Å². The van der Waals surface area contributed by atoms with Crippen molar-refractivity contribution in [1.29, 1.82) is 0 Å². The number of rotatable bonds is 5. The summed E-state index contributed by atoms with van der Waals surface area (Å²) >= 11 is 6.04. The molecule has 0 aliphatic heterocycles. The second kappa shape index (κ2) is 9.09. The number of halogens is 1. The van der Waals surface area contributed by atoms with Gasteiger partial charge in [-0.05, 0) is 46.2 Å². The van der Waals surface area contributed by atoms with Crippen LogP contribution in [0.15, 0.2) is 109 Å². The van der Waals surface area contributed by atoms with Crippen LogP contribution in [0.3, 0.4) is 0 Å². The average molecular weight is 451 g/mol. The molecule has 0 saturated heterocycles. The summed E-state index contributed by atoms with van der Waals surface area (Å²) in [6.07, 6.45) is -0.538. The van der Waals surface area contributed by atoms with Crippen LogP contribution in [0.4, 0.5) is 0 Å². The predicted molar refractivity (Wildman–Crippen MR) is 136 cm³/mol. The largest absolute Gasteiger partial charge is 0.452 e. The van der Waals surface area contributed by atoms with Gasteiger partial charge in [-0.15, -0.1) is 0 Å². The van der Waals surface area contributed by atoms with E-state index in [-0.39, 0.29) is 5.97 Å². The molecule has 0 aliphatic carbocycles. The number of ether oxygens (including phenoxy) is 1. The standard InChI is InChI=1S/C30H23ClO2/c1-20(21-16-18-24(31)19-17-21)30(32)33-29(27-14-6-10-22-8-2-4-12-25(22)27)28-15-7-11-23-9-3-5-13-26(23)28/h2-20,29H,1H3. The first-order valence-corrected chi connectivity index (χ1v) is 11.4. The highest BCUT2D eigenvalue weighted by molar-refractivity contribution is 6.30. The normalized spacial score (nSPS) is 12.2. The first kappa shape index (κ1) is 21.2. The minimum absolute atomic E-state index is 0.275. The lowest BCUT2D eigenvalue weighted by molar-refractivity contribution is -0.148. The molecule has 162 valence electrons. The zero-order valence-electron chi connectivity index (χ0n) is 18.2. The molecule has 0 spiro atoms. The number of fused-ring (bicyclic) bond motifs is 2. The van der Waals surface area contributed by atoms with Crippen LogP contribution in [-0.4, -0.2) is 5.97 Å². The number of carbonyl (C=O) groups excluding carboxylic acids is 1. The van der Waals surface area contributed by atoms with Gasteiger partial charge in [0.25, 0.3) is 0 Å². The summed E-state index contributed by atoms with van der Waals surface area (Å²) in [6, 6.07) is 36.1. The maximum atomic E-state index is 13.4. The fourth-order valence-corrected chi connectivity index (χ4v) is 4.48. The summed E-state index contributed by atoms with van der Waals surface area (Å²) in [5.41, 5.74) is 2.82. The Morgan fingerprint density at radius 2 is 1.15 bits per heavy atom. The van der Waals surface area contributed by atoms with E-state index in [1.54, 1.807) is 12.1 Å². The molecule has 3 heteroatoms. The SMILES string of the molecule is CC(C(=O)OC(c1cccc2ccccc12)c1cccc2ccccc12)c1ccc(Cl)cc1. The molecule has 33 heavy (non-hydrogen) atoms. The molecule has 0 saturated carbocycles. The van der Waals surface area contributed by atoms with Crippen molar-refractivity contribution in [3.63, 3.8) is 0 Å². The van der Waals surface area contributed by atoms with Crippen molar-refractivity contribution in [2.24, 2.45) is 0 Å². The van der Waals surface area contributed by atoms with E-state index < -0.39 is 12.0 Å². The average Bonchev–Trinajstić information content (AvgIpc) is 2.86. The van der Waals surface area contributed by atoms with Crippen LogP contribution in [-0.2, 0) is 9.53 Å². The summed E-state index contributed by atoms with van der Waals surface area (Å²) in [5.74, 6) is -0.696. The first-order chi connectivity index (χ1) is 16.1. The van der Waals surface area contributed by atoms with Gasteiger partial charge in [-0.2, -0.15) is 0 Å². The highest BCUT2D eigenvalue weighted by Gasteiger charge is 2.26. The quantitative estimate of drug-likeness (QED) is 0.253. The van der Waals surface area contributed by atoms with Gasteiger partial charge in [0.2, 0.25) is 0 Å². The maximum Gasteiger partial charge on any atom is 0.314 e. The Morgan fingerprint density at radius 1 is 0.667 bits per heavy atom. The van der Waals surface area contributed by atoms with Gasteiger partial charge in [0, 0.05) is 16.1 Å². The second-order valence-electron chi connectivity index (χ2n) is 8.23. The Hall–Kier alpha value is -3.62. The zero-order chi connectivity index (χ0) is 22.8. The highest BCUT2D eigenvalue weighted by Crippen LogP contribution is 2.37. The summed E-state index contributed by atoms with van der Waals surface area (Å²) < 4.78 is 6.31. The molecule has 0 bridgehead atoms. The fourth-order valence-electron chi connectivity index (χ4n) is 4.36. The minimum atomic E-state index is -0.538. The van der Waals surface area contributed by atoms with Gasteiger partial charge in [-0.3, -0.25) is 4.79 Å². The van der Waals surface area contributed by atoms with Crippen molar-refractivity contribution in [3.8, 4) is 0 Å². The monoisotopic (exact) mass is 450 g/mol. The van der Waals surface area contributed by atoms with Crippen LogP contribution >= 0.6 is 11.6 Å². The predicted octanol–water partition coefficient (Wildman–Crippen LogP) is 8.08. The molecule has 0 N–H and O–H groups in total. The Kier molecular flexibility index (Phi) is 5.85. The van der Waals surface area contributed by atoms with Crippen molar-refractivity contribution in [2.75, 3.05) is 0 Å². The van der Waals surface area contributed by atoms with E-state index in [1.165, 1.54) is 0 Å². The van der Waals surface area contributed by atoms with Crippen molar-refractivity contribution < 1.29 is 9.53 Å².